The molecule has 1 unspecified atom stereocenters. The fraction of sp³-hybridized carbons (Fsp3) is 0.812. The molecule has 2 aliphatic carbocycles. The molecular weight excluding hydrogens is 234 g/mol. The average molecular weight is 259 g/mol. The monoisotopic (exact) mass is 259 g/mol. The summed E-state index contributed by atoms with van der Waals surface area (Å²) < 4.78 is 2.25. The maximum atomic E-state index is 4.89. The van der Waals surface area contributed by atoms with E-state index in [9.17, 15) is 0 Å². The van der Waals surface area contributed by atoms with E-state index >= 15 is 0 Å². The van der Waals surface area contributed by atoms with E-state index in [2.05, 4.69) is 22.3 Å². The summed E-state index contributed by atoms with van der Waals surface area (Å²) >= 11 is 0. The van der Waals surface area contributed by atoms with E-state index in [0.29, 0.717) is 11.6 Å². The summed E-state index contributed by atoms with van der Waals surface area (Å²) in [5.74, 6) is 0.923. The Kier molecular flexibility index (Phi) is 2.91. The highest BCUT2D eigenvalue weighted by atomic mass is 15.3. The highest BCUT2D eigenvalue weighted by Crippen LogP contribution is 2.45. The summed E-state index contributed by atoms with van der Waals surface area (Å²) in [6.07, 6.45) is 14.3. The van der Waals surface area contributed by atoms with Gasteiger partial charge in [0.15, 0.2) is 0 Å². The summed E-state index contributed by atoms with van der Waals surface area (Å²) in [5.41, 5.74) is 1.71. The summed E-state index contributed by atoms with van der Waals surface area (Å²) in [6.45, 7) is 1.21. The van der Waals surface area contributed by atoms with Crippen LogP contribution in [-0.4, -0.2) is 21.9 Å². The third-order valence-electron chi connectivity index (χ3n) is 5.49. The number of nitrogens with zero attached hydrogens (tertiary/aromatic N) is 2. The third-order valence-corrected chi connectivity index (χ3v) is 5.49. The largest absolute Gasteiger partial charge is 0.311 e. The molecular formula is C16H25N3. The molecule has 1 N–H and O–H groups in total. The normalized spacial score (nSPS) is 32.2. The molecule has 3 heteroatoms. The van der Waals surface area contributed by atoms with Crippen molar-refractivity contribution >= 4 is 0 Å². The lowest BCUT2D eigenvalue weighted by Gasteiger charge is -2.29. The van der Waals surface area contributed by atoms with Crippen molar-refractivity contribution in [1.29, 1.82) is 0 Å². The molecule has 2 heterocycles. The molecule has 0 bridgehead atoms. The molecule has 2 saturated carbocycles. The maximum absolute atomic E-state index is 4.89. The van der Waals surface area contributed by atoms with Gasteiger partial charge in [0.05, 0.1) is 11.7 Å². The topological polar surface area (TPSA) is 29.9 Å². The molecule has 0 amide bonds. The first-order valence-corrected chi connectivity index (χ1v) is 8.15. The number of aromatic nitrogens is 2. The number of rotatable bonds is 4. The molecule has 19 heavy (non-hydrogen) atoms. The van der Waals surface area contributed by atoms with Gasteiger partial charge in [-0.05, 0) is 57.1 Å². The van der Waals surface area contributed by atoms with Gasteiger partial charge in [0.25, 0.3) is 0 Å². The maximum Gasteiger partial charge on any atom is 0.0643 e. The van der Waals surface area contributed by atoms with Gasteiger partial charge in [-0.25, -0.2) is 0 Å². The van der Waals surface area contributed by atoms with E-state index in [4.69, 9.17) is 5.10 Å². The summed E-state index contributed by atoms with van der Waals surface area (Å²) in [7, 11) is 0. The van der Waals surface area contributed by atoms with E-state index in [1.165, 1.54) is 63.6 Å². The molecule has 0 spiro atoms. The van der Waals surface area contributed by atoms with Crippen LogP contribution < -0.4 is 5.32 Å². The second kappa shape index (κ2) is 4.62. The van der Waals surface area contributed by atoms with Crippen molar-refractivity contribution in [3.8, 4) is 0 Å². The minimum Gasteiger partial charge on any atom is -0.311 e. The molecule has 3 nitrogen and oxygen atoms in total. The van der Waals surface area contributed by atoms with Gasteiger partial charge in [0.1, 0.15) is 0 Å². The standard InChI is InChI=1S/C16H25N3/c1-2-5-15(4-1)19-11-8-14(18-19)12-16(13-6-7-13)9-3-10-17-16/h8,11,13,15,17H,1-7,9-10,12H2. The Hall–Kier alpha value is -0.830. The Morgan fingerprint density at radius 1 is 1.21 bits per heavy atom. The lowest BCUT2D eigenvalue weighted by atomic mass is 9.86. The van der Waals surface area contributed by atoms with Crippen LogP contribution in [0.1, 0.15) is 63.1 Å². The molecule has 104 valence electrons. The second-order valence-corrected chi connectivity index (χ2v) is 6.86. The SMILES string of the molecule is c1cn(C2CCCC2)nc1CC1(C2CC2)CCCN1. The zero-order valence-electron chi connectivity index (χ0n) is 11.8. The van der Waals surface area contributed by atoms with Gasteiger partial charge in [0, 0.05) is 18.2 Å². The van der Waals surface area contributed by atoms with Crippen molar-refractivity contribution in [2.24, 2.45) is 5.92 Å². The summed E-state index contributed by atoms with van der Waals surface area (Å²) in [6, 6.07) is 2.95. The number of hydrogen-bond donors (Lipinski definition) is 1. The molecule has 1 aliphatic heterocycles. The van der Waals surface area contributed by atoms with Crippen LogP contribution in [0.15, 0.2) is 12.3 Å². The Bertz CT molecular complexity index is 435. The third kappa shape index (κ3) is 2.22. The van der Waals surface area contributed by atoms with Gasteiger partial charge < -0.3 is 5.32 Å². The molecule has 1 atom stereocenters. The minimum absolute atomic E-state index is 0.398. The molecule has 4 rings (SSSR count). The van der Waals surface area contributed by atoms with E-state index in [1.807, 2.05) is 0 Å². The molecule has 1 aromatic heterocycles. The predicted molar refractivity (Wildman–Crippen MR) is 76.1 cm³/mol. The summed E-state index contributed by atoms with van der Waals surface area (Å²) in [4.78, 5) is 0. The number of hydrogen-bond acceptors (Lipinski definition) is 2. The van der Waals surface area contributed by atoms with Crippen molar-refractivity contribution in [2.45, 2.75) is 69.4 Å². The zero-order valence-corrected chi connectivity index (χ0v) is 11.8. The molecule has 0 aromatic carbocycles. The van der Waals surface area contributed by atoms with Gasteiger partial charge in [-0.1, -0.05) is 12.8 Å². The zero-order chi connectivity index (χ0) is 12.7. The van der Waals surface area contributed by atoms with Crippen LogP contribution in [0.5, 0.6) is 0 Å². The molecule has 3 fully saturated rings. The average Bonchev–Trinajstić information content (AvgIpc) is 2.89. The van der Waals surface area contributed by atoms with E-state index in [-0.39, 0.29) is 0 Å². The van der Waals surface area contributed by atoms with Gasteiger partial charge in [-0.15, -0.1) is 0 Å². The van der Waals surface area contributed by atoms with E-state index in [0.717, 1.165) is 12.3 Å². The van der Waals surface area contributed by atoms with E-state index < -0.39 is 0 Å². The van der Waals surface area contributed by atoms with Crippen LogP contribution in [-0.2, 0) is 6.42 Å². The Morgan fingerprint density at radius 3 is 2.74 bits per heavy atom. The highest BCUT2D eigenvalue weighted by Gasteiger charge is 2.46. The van der Waals surface area contributed by atoms with Crippen molar-refractivity contribution in [3.63, 3.8) is 0 Å². The van der Waals surface area contributed by atoms with Crippen molar-refractivity contribution in [1.82, 2.24) is 15.1 Å². The number of nitrogens with one attached hydrogen (secondary N) is 1. The molecule has 1 saturated heterocycles. The molecule has 3 aliphatic rings. The second-order valence-electron chi connectivity index (χ2n) is 6.86. The van der Waals surface area contributed by atoms with Crippen LogP contribution in [0.3, 0.4) is 0 Å². The Balaban J connectivity index is 1.49. The van der Waals surface area contributed by atoms with Crippen LogP contribution in [0.25, 0.3) is 0 Å². The minimum atomic E-state index is 0.398. The van der Waals surface area contributed by atoms with Gasteiger partial charge >= 0.3 is 0 Å². The Labute approximate surface area is 115 Å². The van der Waals surface area contributed by atoms with Crippen LogP contribution >= 0.6 is 0 Å². The Morgan fingerprint density at radius 2 is 2.05 bits per heavy atom. The van der Waals surface area contributed by atoms with Gasteiger partial charge in [-0.3, -0.25) is 4.68 Å². The predicted octanol–water partition coefficient (Wildman–Crippen LogP) is 3.07. The first-order chi connectivity index (χ1) is 9.36. The summed E-state index contributed by atoms with van der Waals surface area (Å²) in [5, 5.41) is 8.70. The first-order valence-electron chi connectivity index (χ1n) is 8.15. The lowest BCUT2D eigenvalue weighted by Crippen LogP contribution is -2.44. The fourth-order valence-electron chi connectivity index (χ4n) is 4.28. The van der Waals surface area contributed by atoms with E-state index in [1.54, 1.807) is 0 Å². The lowest BCUT2D eigenvalue weighted by molar-refractivity contribution is 0.318. The van der Waals surface area contributed by atoms with Crippen LogP contribution in [0.4, 0.5) is 0 Å². The fourth-order valence-corrected chi connectivity index (χ4v) is 4.28. The van der Waals surface area contributed by atoms with Gasteiger partial charge in [0.2, 0.25) is 0 Å². The van der Waals surface area contributed by atoms with Crippen molar-refractivity contribution < 1.29 is 0 Å². The van der Waals surface area contributed by atoms with Crippen LogP contribution in [0.2, 0.25) is 0 Å². The van der Waals surface area contributed by atoms with Crippen molar-refractivity contribution in [3.05, 3.63) is 18.0 Å². The smallest absolute Gasteiger partial charge is 0.0643 e. The molecule has 1 aromatic rings. The van der Waals surface area contributed by atoms with Crippen molar-refractivity contribution in [2.75, 3.05) is 6.54 Å². The highest BCUT2D eigenvalue weighted by molar-refractivity contribution is 5.13. The van der Waals surface area contributed by atoms with Gasteiger partial charge in [-0.2, -0.15) is 5.10 Å². The molecule has 0 radical (unpaired) electrons. The first kappa shape index (κ1) is 12.0. The quantitative estimate of drug-likeness (QED) is 0.900. The van der Waals surface area contributed by atoms with Crippen LogP contribution in [0, 0.1) is 5.92 Å².